The summed E-state index contributed by atoms with van der Waals surface area (Å²) in [5, 5.41) is 13.5. The molecular weight excluding hydrogens is 328 g/mol. The summed E-state index contributed by atoms with van der Waals surface area (Å²) < 4.78 is 6.65. The van der Waals surface area contributed by atoms with Gasteiger partial charge in [0.05, 0.1) is 13.7 Å². The lowest BCUT2D eigenvalue weighted by Crippen LogP contribution is -2.22. The highest BCUT2D eigenvalue weighted by Crippen LogP contribution is 2.13. The number of nitrogens with zero attached hydrogens (tertiary/aromatic N) is 1. The fraction of sp³-hybridized carbons (Fsp3) is 0.190. The maximum Gasteiger partial charge on any atom is 0.293 e. The van der Waals surface area contributed by atoms with Gasteiger partial charge < -0.3 is 19.7 Å². The van der Waals surface area contributed by atoms with Gasteiger partial charge in [-0.3, -0.25) is 4.79 Å². The van der Waals surface area contributed by atoms with Crippen molar-refractivity contribution >= 4 is 0 Å². The SMILES string of the molecule is COc1ccc(CNCc2ccn(Cc3ccccc3)c(=O)c2O)cc1. The molecule has 26 heavy (non-hydrogen) atoms. The number of benzene rings is 2. The summed E-state index contributed by atoms with van der Waals surface area (Å²) >= 11 is 0. The maximum absolute atomic E-state index is 12.4. The molecular formula is C21H22N2O3. The molecule has 1 aromatic heterocycles. The van der Waals surface area contributed by atoms with Gasteiger partial charge in [-0.05, 0) is 29.3 Å². The van der Waals surface area contributed by atoms with Crippen molar-refractivity contribution in [2.75, 3.05) is 7.11 Å². The van der Waals surface area contributed by atoms with E-state index in [0.717, 1.165) is 16.9 Å². The molecule has 0 amide bonds. The number of ether oxygens (including phenoxy) is 1. The van der Waals surface area contributed by atoms with Crippen LogP contribution in [0.4, 0.5) is 0 Å². The van der Waals surface area contributed by atoms with Crippen LogP contribution in [-0.2, 0) is 19.6 Å². The molecule has 5 heteroatoms. The Hall–Kier alpha value is -3.05. The van der Waals surface area contributed by atoms with E-state index in [4.69, 9.17) is 4.74 Å². The molecule has 2 N–H and O–H groups in total. The third kappa shape index (κ3) is 4.32. The molecule has 0 atom stereocenters. The first-order valence-corrected chi connectivity index (χ1v) is 8.46. The van der Waals surface area contributed by atoms with Crippen LogP contribution < -0.4 is 15.6 Å². The van der Waals surface area contributed by atoms with Crippen molar-refractivity contribution in [1.29, 1.82) is 0 Å². The molecule has 0 spiro atoms. The Morgan fingerprint density at radius 1 is 0.962 bits per heavy atom. The van der Waals surface area contributed by atoms with E-state index in [-0.39, 0.29) is 11.3 Å². The lowest BCUT2D eigenvalue weighted by Gasteiger charge is -2.11. The highest BCUT2D eigenvalue weighted by molar-refractivity contribution is 5.30. The lowest BCUT2D eigenvalue weighted by atomic mass is 10.2. The van der Waals surface area contributed by atoms with Crippen LogP contribution in [0.25, 0.3) is 0 Å². The molecule has 134 valence electrons. The Bertz CT molecular complexity index is 903. The molecule has 5 nitrogen and oxygen atoms in total. The Morgan fingerprint density at radius 3 is 2.38 bits per heavy atom. The molecule has 0 saturated heterocycles. The highest BCUT2D eigenvalue weighted by atomic mass is 16.5. The summed E-state index contributed by atoms with van der Waals surface area (Å²) in [6, 6.07) is 19.2. The minimum atomic E-state index is -0.377. The van der Waals surface area contributed by atoms with E-state index in [9.17, 15) is 9.90 Å². The standard InChI is InChI=1S/C21H22N2O3/c1-26-19-9-7-16(8-10-19)13-22-14-18-11-12-23(21(25)20(18)24)15-17-5-3-2-4-6-17/h2-12,22,24H,13-15H2,1H3. The number of aromatic hydroxyl groups is 1. The summed E-state index contributed by atoms with van der Waals surface area (Å²) in [4.78, 5) is 12.4. The number of hydrogen-bond acceptors (Lipinski definition) is 4. The van der Waals surface area contributed by atoms with E-state index >= 15 is 0 Å². The molecule has 0 aliphatic carbocycles. The van der Waals surface area contributed by atoms with E-state index in [2.05, 4.69) is 5.32 Å². The smallest absolute Gasteiger partial charge is 0.293 e. The van der Waals surface area contributed by atoms with Gasteiger partial charge in [-0.2, -0.15) is 0 Å². The normalized spacial score (nSPS) is 10.7. The van der Waals surface area contributed by atoms with Crippen molar-refractivity contribution in [3.8, 4) is 11.5 Å². The van der Waals surface area contributed by atoms with Gasteiger partial charge in [-0.1, -0.05) is 42.5 Å². The first-order chi connectivity index (χ1) is 12.7. The molecule has 0 aliphatic rings. The van der Waals surface area contributed by atoms with E-state index in [1.54, 1.807) is 19.4 Å². The van der Waals surface area contributed by atoms with Gasteiger partial charge in [0.15, 0.2) is 5.75 Å². The van der Waals surface area contributed by atoms with E-state index in [0.29, 0.717) is 25.2 Å². The van der Waals surface area contributed by atoms with Crippen LogP contribution in [0.15, 0.2) is 71.7 Å². The van der Waals surface area contributed by atoms with E-state index < -0.39 is 0 Å². The molecule has 3 rings (SSSR count). The number of pyridine rings is 1. The highest BCUT2D eigenvalue weighted by Gasteiger charge is 2.09. The van der Waals surface area contributed by atoms with Crippen LogP contribution in [-0.4, -0.2) is 16.8 Å². The van der Waals surface area contributed by atoms with Crippen molar-refractivity contribution in [1.82, 2.24) is 9.88 Å². The Kier molecular flexibility index (Phi) is 5.71. The third-order valence-electron chi connectivity index (χ3n) is 4.22. The van der Waals surface area contributed by atoms with Crippen LogP contribution in [0, 0.1) is 0 Å². The molecule has 0 bridgehead atoms. The second-order valence-electron chi connectivity index (χ2n) is 6.06. The molecule has 0 fully saturated rings. The number of aromatic nitrogens is 1. The topological polar surface area (TPSA) is 63.5 Å². The van der Waals surface area contributed by atoms with Crippen LogP contribution in [0.5, 0.6) is 11.5 Å². The van der Waals surface area contributed by atoms with Crippen molar-refractivity contribution in [3.05, 3.63) is 93.9 Å². The number of nitrogens with one attached hydrogen (secondary N) is 1. The van der Waals surface area contributed by atoms with Gasteiger partial charge >= 0.3 is 0 Å². The van der Waals surface area contributed by atoms with Gasteiger partial charge in [0.25, 0.3) is 5.56 Å². The predicted octanol–water partition coefficient (Wildman–Crippen LogP) is 2.90. The molecule has 0 aliphatic heterocycles. The number of hydrogen-bond donors (Lipinski definition) is 2. The van der Waals surface area contributed by atoms with Gasteiger partial charge in [-0.25, -0.2) is 0 Å². The molecule has 2 aromatic carbocycles. The summed E-state index contributed by atoms with van der Waals surface area (Å²) in [5.74, 6) is 0.610. The predicted molar refractivity (Wildman–Crippen MR) is 101 cm³/mol. The summed E-state index contributed by atoms with van der Waals surface area (Å²) in [5.41, 5.74) is 2.33. The monoisotopic (exact) mass is 350 g/mol. The second kappa shape index (κ2) is 8.36. The Labute approximate surface area is 152 Å². The second-order valence-corrected chi connectivity index (χ2v) is 6.06. The van der Waals surface area contributed by atoms with Crippen molar-refractivity contribution < 1.29 is 9.84 Å². The number of methoxy groups -OCH3 is 1. The van der Waals surface area contributed by atoms with Crippen molar-refractivity contribution in [2.45, 2.75) is 19.6 Å². The Morgan fingerprint density at radius 2 is 1.69 bits per heavy atom. The van der Waals surface area contributed by atoms with Crippen LogP contribution in [0.3, 0.4) is 0 Å². The molecule has 0 unspecified atom stereocenters. The summed E-state index contributed by atoms with van der Waals surface area (Å²) in [6.45, 7) is 1.49. The van der Waals surface area contributed by atoms with E-state index in [1.165, 1.54) is 4.57 Å². The summed E-state index contributed by atoms with van der Waals surface area (Å²) in [7, 11) is 1.63. The molecule has 0 radical (unpaired) electrons. The van der Waals surface area contributed by atoms with Gasteiger partial charge in [-0.15, -0.1) is 0 Å². The quantitative estimate of drug-likeness (QED) is 0.688. The van der Waals surface area contributed by atoms with Crippen LogP contribution in [0.1, 0.15) is 16.7 Å². The zero-order chi connectivity index (χ0) is 18.4. The average molecular weight is 350 g/mol. The van der Waals surface area contributed by atoms with E-state index in [1.807, 2.05) is 54.6 Å². The fourth-order valence-corrected chi connectivity index (χ4v) is 2.73. The van der Waals surface area contributed by atoms with Crippen LogP contribution >= 0.6 is 0 Å². The summed E-state index contributed by atoms with van der Waals surface area (Å²) in [6.07, 6.45) is 1.72. The number of rotatable bonds is 7. The van der Waals surface area contributed by atoms with Crippen LogP contribution in [0.2, 0.25) is 0 Å². The Balaban J connectivity index is 1.63. The fourth-order valence-electron chi connectivity index (χ4n) is 2.73. The van der Waals surface area contributed by atoms with Crippen molar-refractivity contribution in [2.24, 2.45) is 0 Å². The first kappa shape index (κ1) is 17.8. The van der Waals surface area contributed by atoms with Gasteiger partial charge in [0, 0.05) is 24.8 Å². The van der Waals surface area contributed by atoms with Gasteiger partial charge in [0.1, 0.15) is 5.75 Å². The first-order valence-electron chi connectivity index (χ1n) is 8.46. The minimum Gasteiger partial charge on any atom is -0.503 e. The zero-order valence-electron chi connectivity index (χ0n) is 14.7. The third-order valence-corrected chi connectivity index (χ3v) is 4.22. The minimum absolute atomic E-state index is 0.203. The van der Waals surface area contributed by atoms with Crippen molar-refractivity contribution in [3.63, 3.8) is 0 Å². The lowest BCUT2D eigenvalue weighted by molar-refractivity contribution is 0.414. The largest absolute Gasteiger partial charge is 0.503 e. The molecule has 3 aromatic rings. The van der Waals surface area contributed by atoms with Gasteiger partial charge in [0.2, 0.25) is 0 Å². The zero-order valence-corrected chi connectivity index (χ0v) is 14.7. The molecule has 1 heterocycles. The molecule has 0 saturated carbocycles. The maximum atomic E-state index is 12.4. The average Bonchev–Trinajstić information content (AvgIpc) is 2.68.